The largest absolute Gasteiger partial charge is 0.497 e. The molecular weight excluding hydrogens is 386 g/mol. The van der Waals surface area contributed by atoms with E-state index in [1.54, 1.807) is 13.3 Å². The molecule has 0 saturated carbocycles. The number of piperazine rings is 1. The van der Waals surface area contributed by atoms with E-state index in [0.717, 1.165) is 50.6 Å². The van der Waals surface area contributed by atoms with Gasteiger partial charge < -0.3 is 15.0 Å². The van der Waals surface area contributed by atoms with Crippen LogP contribution in [0.3, 0.4) is 0 Å². The van der Waals surface area contributed by atoms with Crippen LogP contribution in [0.5, 0.6) is 5.75 Å². The van der Waals surface area contributed by atoms with E-state index in [1.807, 2.05) is 25.3 Å². The van der Waals surface area contributed by atoms with E-state index in [2.05, 4.69) is 37.2 Å². The number of carbonyl (C=O) groups is 1. The normalized spacial score (nSPS) is 14.7. The van der Waals surface area contributed by atoms with Gasteiger partial charge in [0, 0.05) is 44.6 Å². The fourth-order valence-corrected chi connectivity index (χ4v) is 3.78. The van der Waals surface area contributed by atoms with Crippen molar-refractivity contribution in [1.82, 2.24) is 20.2 Å². The Morgan fingerprint density at radius 2 is 1.93 bits per heavy atom. The standard InChI is InChI=1S/C21H29N5O2S/c1-16-19(15-23-21(24-16)29-3)20(27)22-9-4-10-25-11-13-26(14-12-25)17-5-7-18(28-2)8-6-17/h5-8,15H,4,9-14H2,1-3H3,(H,22,27). The van der Waals surface area contributed by atoms with Gasteiger partial charge >= 0.3 is 0 Å². The van der Waals surface area contributed by atoms with Crippen LogP contribution in [0.4, 0.5) is 5.69 Å². The van der Waals surface area contributed by atoms with Crippen molar-refractivity contribution in [3.63, 3.8) is 0 Å². The van der Waals surface area contributed by atoms with Crippen molar-refractivity contribution >= 4 is 23.4 Å². The Kier molecular flexibility index (Phi) is 7.71. The summed E-state index contributed by atoms with van der Waals surface area (Å²) in [6.07, 6.45) is 4.46. The number of anilines is 1. The van der Waals surface area contributed by atoms with E-state index in [4.69, 9.17) is 4.74 Å². The lowest BCUT2D eigenvalue weighted by Crippen LogP contribution is -2.47. The molecule has 1 saturated heterocycles. The number of hydrogen-bond acceptors (Lipinski definition) is 7. The van der Waals surface area contributed by atoms with Crippen molar-refractivity contribution in [1.29, 1.82) is 0 Å². The SMILES string of the molecule is COc1ccc(N2CCN(CCCNC(=O)c3cnc(SC)nc3C)CC2)cc1. The minimum Gasteiger partial charge on any atom is -0.497 e. The van der Waals surface area contributed by atoms with E-state index < -0.39 is 0 Å². The summed E-state index contributed by atoms with van der Waals surface area (Å²) in [6, 6.07) is 8.24. The van der Waals surface area contributed by atoms with Gasteiger partial charge in [-0.1, -0.05) is 11.8 Å². The average molecular weight is 416 g/mol. The Morgan fingerprint density at radius 1 is 1.21 bits per heavy atom. The minimum atomic E-state index is -0.0977. The van der Waals surface area contributed by atoms with Crippen LogP contribution in [0, 0.1) is 6.92 Å². The molecule has 8 heteroatoms. The number of aromatic nitrogens is 2. The first-order valence-electron chi connectivity index (χ1n) is 9.88. The van der Waals surface area contributed by atoms with Crippen LogP contribution in [0.15, 0.2) is 35.6 Å². The molecule has 1 fully saturated rings. The Bertz CT molecular complexity index is 807. The molecule has 3 rings (SSSR count). The van der Waals surface area contributed by atoms with E-state index in [1.165, 1.54) is 17.4 Å². The smallest absolute Gasteiger partial charge is 0.254 e. The number of benzene rings is 1. The third kappa shape index (κ3) is 5.83. The lowest BCUT2D eigenvalue weighted by atomic mass is 10.2. The predicted molar refractivity (Wildman–Crippen MR) is 117 cm³/mol. The van der Waals surface area contributed by atoms with E-state index in [0.29, 0.717) is 17.3 Å². The van der Waals surface area contributed by atoms with Crippen molar-refractivity contribution in [3.05, 3.63) is 41.7 Å². The zero-order valence-electron chi connectivity index (χ0n) is 17.4. The highest BCUT2D eigenvalue weighted by Gasteiger charge is 2.17. The summed E-state index contributed by atoms with van der Waals surface area (Å²) >= 11 is 1.47. The fourth-order valence-electron chi connectivity index (χ4n) is 3.39. The number of amides is 1. The lowest BCUT2D eigenvalue weighted by Gasteiger charge is -2.36. The molecule has 0 atom stereocenters. The summed E-state index contributed by atoms with van der Waals surface area (Å²) in [4.78, 5) is 25.7. The second kappa shape index (κ2) is 10.5. The highest BCUT2D eigenvalue weighted by atomic mass is 32.2. The molecule has 0 radical (unpaired) electrons. The van der Waals surface area contributed by atoms with Crippen molar-refractivity contribution in [2.75, 3.05) is 57.5 Å². The van der Waals surface area contributed by atoms with E-state index in [9.17, 15) is 4.79 Å². The molecular formula is C21H29N5O2S. The number of nitrogens with zero attached hydrogens (tertiary/aromatic N) is 4. The summed E-state index contributed by atoms with van der Waals surface area (Å²) in [6.45, 7) is 7.57. The first-order chi connectivity index (χ1) is 14.1. The average Bonchev–Trinajstić information content (AvgIpc) is 2.77. The Labute approximate surface area is 176 Å². The molecule has 1 N–H and O–H groups in total. The second-order valence-electron chi connectivity index (χ2n) is 6.99. The van der Waals surface area contributed by atoms with Gasteiger partial charge in [-0.25, -0.2) is 9.97 Å². The van der Waals surface area contributed by atoms with Crippen molar-refractivity contribution in [3.8, 4) is 5.75 Å². The molecule has 0 spiro atoms. The molecule has 1 amide bonds. The Balaban J connectivity index is 1.37. The van der Waals surface area contributed by atoms with Gasteiger partial charge in [0.15, 0.2) is 5.16 Å². The summed E-state index contributed by atoms with van der Waals surface area (Å²) in [7, 11) is 1.69. The van der Waals surface area contributed by atoms with Gasteiger partial charge in [0.2, 0.25) is 0 Å². The highest BCUT2D eigenvalue weighted by Crippen LogP contribution is 2.20. The third-order valence-corrected chi connectivity index (χ3v) is 5.69. The fraction of sp³-hybridized carbons (Fsp3) is 0.476. The topological polar surface area (TPSA) is 70.6 Å². The first-order valence-corrected chi connectivity index (χ1v) is 11.1. The quantitative estimate of drug-likeness (QED) is 0.403. The molecule has 29 heavy (non-hydrogen) atoms. The summed E-state index contributed by atoms with van der Waals surface area (Å²) in [5.41, 5.74) is 2.51. The van der Waals surface area contributed by atoms with E-state index in [-0.39, 0.29) is 5.91 Å². The Hall–Kier alpha value is -2.32. The van der Waals surface area contributed by atoms with Crippen LogP contribution in [0.2, 0.25) is 0 Å². The van der Waals surface area contributed by atoms with Crippen molar-refractivity contribution < 1.29 is 9.53 Å². The number of nitrogens with one attached hydrogen (secondary N) is 1. The Morgan fingerprint density at radius 3 is 2.55 bits per heavy atom. The summed E-state index contributed by atoms with van der Waals surface area (Å²) < 4.78 is 5.23. The van der Waals surface area contributed by atoms with E-state index >= 15 is 0 Å². The van der Waals surface area contributed by atoms with Gasteiger partial charge in [-0.3, -0.25) is 9.69 Å². The second-order valence-corrected chi connectivity index (χ2v) is 7.77. The number of hydrogen-bond donors (Lipinski definition) is 1. The van der Waals surface area contributed by atoms with Gasteiger partial charge in [-0.2, -0.15) is 0 Å². The summed E-state index contributed by atoms with van der Waals surface area (Å²) in [5, 5.41) is 3.68. The molecule has 1 aromatic carbocycles. The predicted octanol–water partition coefficient (Wildman–Crippen LogP) is 2.46. The van der Waals surface area contributed by atoms with Crippen molar-refractivity contribution in [2.45, 2.75) is 18.5 Å². The zero-order chi connectivity index (χ0) is 20.6. The first kappa shape index (κ1) is 21.4. The van der Waals surface area contributed by atoms with Gasteiger partial charge in [-0.05, 0) is 50.4 Å². The van der Waals surface area contributed by atoms with Gasteiger partial charge in [0.25, 0.3) is 5.91 Å². The molecule has 2 heterocycles. The van der Waals surface area contributed by atoms with Crippen LogP contribution in [0.1, 0.15) is 22.5 Å². The van der Waals surface area contributed by atoms with Crippen LogP contribution in [-0.4, -0.2) is 73.4 Å². The lowest BCUT2D eigenvalue weighted by molar-refractivity contribution is 0.0949. The molecule has 7 nitrogen and oxygen atoms in total. The number of aryl methyl sites for hydroxylation is 1. The van der Waals surface area contributed by atoms with Gasteiger partial charge in [0.1, 0.15) is 5.75 Å². The number of rotatable bonds is 8. The molecule has 1 aliphatic heterocycles. The maximum atomic E-state index is 12.3. The molecule has 0 aliphatic carbocycles. The molecule has 156 valence electrons. The number of carbonyl (C=O) groups excluding carboxylic acids is 1. The van der Waals surface area contributed by atoms with Gasteiger partial charge in [-0.15, -0.1) is 0 Å². The summed E-state index contributed by atoms with van der Waals surface area (Å²) in [5.74, 6) is 0.788. The highest BCUT2D eigenvalue weighted by molar-refractivity contribution is 7.98. The molecule has 2 aromatic rings. The molecule has 0 bridgehead atoms. The molecule has 1 aromatic heterocycles. The molecule has 0 unspecified atom stereocenters. The monoisotopic (exact) mass is 415 g/mol. The van der Waals surface area contributed by atoms with Crippen molar-refractivity contribution in [2.24, 2.45) is 0 Å². The van der Waals surface area contributed by atoms with Crippen LogP contribution >= 0.6 is 11.8 Å². The van der Waals surface area contributed by atoms with Gasteiger partial charge in [0.05, 0.1) is 18.4 Å². The van der Waals surface area contributed by atoms with Crippen LogP contribution in [0.25, 0.3) is 0 Å². The van der Waals surface area contributed by atoms with Crippen LogP contribution < -0.4 is 15.0 Å². The number of thioether (sulfide) groups is 1. The van der Waals surface area contributed by atoms with Crippen LogP contribution in [-0.2, 0) is 0 Å². The number of ether oxygens (including phenoxy) is 1. The molecule has 1 aliphatic rings. The third-order valence-electron chi connectivity index (χ3n) is 5.13. The maximum absolute atomic E-state index is 12.3. The zero-order valence-corrected chi connectivity index (χ0v) is 18.2. The number of methoxy groups -OCH3 is 1. The minimum absolute atomic E-state index is 0.0977. The maximum Gasteiger partial charge on any atom is 0.254 e.